The SMILES string of the molecule is COc1ccc(Br)c(NC(=O)C(C)CCN)c1. The minimum atomic E-state index is -0.0990. The Morgan fingerprint density at radius 1 is 1.59 bits per heavy atom. The average molecular weight is 301 g/mol. The molecule has 1 rings (SSSR count). The van der Waals surface area contributed by atoms with Crippen molar-refractivity contribution >= 4 is 27.5 Å². The van der Waals surface area contributed by atoms with Gasteiger partial charge in [-0.2, -0.15) is 0 Å². The summed E-state index contributed by atoms with van der Waals surface area (Å²) < 4.78 is 5.93. The number of ether oxygens (including phenoxy) is 1. The van der Waals surface area contributed by atoms with Crippen LogP contribution in [0, 0.1) is 5.92 Å². The van der Waals surface area contributed by atoms with Gasteiger partial charge in [0.15, 0.2) is 0 Å². The fraction of sp³-hybridized carbons (Fsp3) is 0.417. The van der Waals surface area contributed by atoms with Crippen molar-refractivity contribution < 1.29 is 9.53 Å². The summed E-state index contributed by atoms with van der Waals surface area (Å²) in [7, 11) is 1.59. The zero-order chi connectivity index (χ0) is 12.8. The van der Waals surface area contributed by atoms with E-state index in [-0.39, 0.29) is 11.8 Å². The maximum Gasteiger partial charge on any atom is 0.227 e. The molecule has 94 valence electrons. The number of amides is 1. The number of benzene rings is 1. The van der Waals surface area contributed by atoms with Crippen LogP contribution in [0.1, 0.15) is 13.3 Å². The van der Waals surface area contributed by atoms with E-state index in [0.717, 1.165) is 4.47 Å². The summed E-state index contributed by atoms with van der Waals surface area (Å²) in [5.41, 5.74) is 6.13. The Kier molecular flexibility index (Phi) is 5.44. The number of carbonyl (C=O) groups excluding carboxylic acids is 1. The Balaban J connectivity index is 2.76. The third kappa shape index (κ3) is 4.02. The molecule has 0 aliphatic heterocycles. The second-order valence-electron chi connectivity index (χ2n) is 3.81. The normalized spacial score (nSPS) is 12.0. The fourth-order valence-electron chi connectivity index (χ4n) is 1.36. The molecule has 0 aliphatic carbocycles. The quantitative estimate of drug-likeness (QED) is 0.877. The van der Waals surface area contributed by atoms with E-state index >= 15 is 0 Å². The molecular formula is C12H17BrN2O2. The molecule has 1 amide bonds. The molecule has 1 unspecified atom stereocenters. The number of hydrogen-bond acceptors (Lipinski definition) is 3. The fourth-order valence-corrected chi connectivity index (χ4v) is 1.71. The van der Waals surface area contributed by atoms with Crippen molar-refractivity contribution in [2.45, 2.75) is 13.3 Å². The van der Waals surface area contributed by atoms with Gasteiger partial charge in [-0.05, 0) is 41.0 Å². The van der Waals surface area contributed by atoms with E-state index < -0.39 is 0 Å². The summed E-state index contributed by atoms with van der Waals surface area (Å²) in [5, 5.41) is 2.85. The first-order valence-corrected chi connectivity index (χ1v) is 6.22. The number of carbonyl (C=O) groups is 1. The predicted molar refractivity (Wildman–Crippen MR) is 72.2 cm³/mol. The van der Waals surface area contributed by atoms with Crippen molar-refractivity contribution in [2.75, 3.05) is 19.0 Å². The van der Waals surface area contributed by atoms with Crippen LogP contribution in [0.2, 0.25) is 0 Å². The van der Waals surface area contributed by atoms with E-state index in [1.165, 1.54) is 0 Å². The molecule has 17 heavy (non-hydrogen) atoms. The van der Waals surface area contributed by atoms with Crippen molar-refractivity contribution in [3.8, 4) is 5.75 Å². The predicted octanol–water partition coefficient (Wildman–Crippen LogP) is 2.38. The second-order valence-corrected chi connectivity index (χ2v) is 4.67. The maximum atomic E-state index is 11.8. The van der Waals surface area contributed by atoms with Crippen molar-refractivity contribution in [1.82, 2.24) is 0 Å². The van der Waals surface area contributed by atoms with Gasteiger partial charge in [-0.25, -0.2) is 0 Å². The number of anilines is 1. The average Bonchev–Trinajstić information content (AvgIpc) is 2.32. The van der Waals surface area contributed by atoms with Crippen LogP contribution in [-0.4, -0.2) is 19.6 Å². The number of halogens is 1. The molecule has 1 aromatic carbocycles. The zero-order valence-electron chi connectivity index (χ0n) is 10.00. The van der Waals surface area contributed by atoms with Gasteiger partial charge in [-0.15, -0.1) is 0 Å². The van der Waals surface area contributed by atoms with Crippen molar-refractivity contribution in [3.63, 3.8) is 0 Å². The largest absolute Gasteiger partial charge is 0.497 e. The smallest absolute Gasteiger partial charge is 0.227 e. The van der Waals surface area contributed by atoms with Crippen LogP contribution in [0.15, 0.2) is 22.7 Å². The lowest BCUT2D eigenvalue weighted by atomic mass is 10.1. The summed E-state index contributed by atoms with van der Waals surface area (Å²) >= 11 is 3.38. The van der Waals surface area contributed by atoms with Crippen molar-refractivity contribution in [3.05, 3.63) is 22.7 Å². The first-order valence-electron chi connectivity index (χ1n) is 5.43. The number of rotatable bonds is 5. The first-order chi connectivity index (χ1) is 8.08. The Hall–Kier alpha value is -1.07. The number of hydrogen-bond donors (Lipinski definition) is 2. The topological polar surface area (TPSA) is 64.3 Å². The molecular weight excluding hydrogens is 284 g/mol. The monoisotopic (exact) mass is 300 g/mol. The highest BCUT2D eigenvalue weighted by Gasteiger charge is 2.13. The molecule has 0 aromatic heterocycles. The van der Waals surface area contributed by atoms with Gasteiger partial charge in [0.05, 0.1) is 12.8 Å². The lowest BCUT2D eigenvalue weighted by molar-refractivity contribution is -0.119. The van der Waals surface area contributed by atoms with Crippen LogP contribution in [0.25, 0.3) is 0 Å². The third-order valence-electron chi connectivity index (χ3n) is 2.48. The molecule has 4 nitrogen and oxygen atoms in total. The molecule has 0 bridgehead atoms. The lowest BCUT2D eigenvalue weighted by Gasteiger charge is -2.13. The summed E-state index contributed by atoms with van der Waals surface area (Å²) in [5.74, 6) is 0.567. The maximum absolute atomic E-state index is 11.8. The van der Waals surface area contributed by atoms with Crippen LogP contribution < -0.4 is 15.8 Å². The molecule has 0 aliphatic rings. The van der Waals surface area contributed by atoms with Crippen LogP contribution in [0.3, 0.4) is 0 Å². The molecule has 0 saturated carbocycles. The number of nitrogens with two attached hydrogens (primary N) is 1. The van der Waals surface area contributed by atoms with Gasteiger partial charge >= 0.3 is 0 Å². The van der Waals surface area contributed by atoms with Gasteiger partial charge < -0.3 is 15.8 Å². The van der Waals surface area contributed by atoms with Crippen LogP contribution in [0.5, 0.6) is 5.75 Å². The second kappa shape index (κ2) is 6.61. The van der Waals surface area contributed by atoms with Gasteiger partial charge in [0, 0.05) is 16.5 Å². The van der Waals surface area contributed by atoms with Gasteiger partial charge in [-0.1, -0.05) is 6.92 Å². The number of nitrogens with one attached hydrogen (secondary N) is 1. The Morgan fingerprint density at radius 3 is 2.88 bits per heavy atom. The zero-order valence-corrected chi connectivity index (χ0v) is 11.6. The highest BCUT2D eigenvalue weighted by Crippen LogP contribution is 2.27. The van der Waals surface area contributed by atoms with Crippen molar-refractivity contribution in [1.29, 1.82) is 0 Å². The lowest BCUT2D eigenvalue weighted by Crippen LogP contribution is -2.22. The summed E-state index contributed by atoms with van der Waals surface area (Å²) in [6.07, 6.45) is 0.674. The van der Waals surface area contributed by atoms with E-state index in [1.807, 2.05) is 19.1 Å². The summed E-state index contributed by atoms with van der Waals surface area (Å²) in [6, 6.07) is 5.43. The van der Waals surface area contributed by atoms with Crippen LogP contribution in [-0.2, 0) is 4.79 Å². The van der Waals surface area contributed by atoms with E-state index in [4.69, 9.17) is 10.5 Å². The summed E-state index contributed by atoms with van der Waals surface area (Å²) in [4.78, 5) is 11.8. The van der Waals surface area contributed by atoms with Gasteiger partial charge in [0.1, 0.15) is 5.75 Å². The molecule has 0 heterocycles. The number of methoxy groups -OCH3 is 1. The Labute approximate surface area is 110 Å². The van der Waals surface area contributed by atoms with E-state index in [9.17, 15) is 4.79 Å². The van der Waals surface area contributed by atoms with E-state index in [2.05, 4.69) is 21.2 Å². The molecule has 5 heteroatoms. The molecule has 1 aromatic rings. The Bertz CT molecular complexity index is 396. The molecule has 3 N–H and O–H groups in total. The molecule has 0 fully saturated rings. The summed E-state index contributed by atoms with van der Waals surface area (Å²) in [6.45, 7) is 2.37. The van der Waals surface area contributed by atoms with E-state index in [0.29, 0.717) is 24.4 Å². The van der Waals surface area contributed by atoms with Crippen LogP contribution in [0.4, 0.5) is 5.69 Å². The molecule has 0 radical (unpaired) electrons. The highest BCUT2D eigenvalue weighted by molar-refractivity contribution is 9.10. The Morgan fingerprint density at radius 2 is 2.29 bits per heavy atom. The van der Waals surface area contributed by atoms with Gasteiger partial charge in [0.25, 0.3) is 0 Å². The molecule has 1 atom stereocenters. The van der Waals surface area contributed by atoms with Gasteiger partial charge in [0.2, 0.25) is 5.91 Å². The van der Waals surface area contributed by atoms with Gasteiger partial charge in [-0.3, -0.25) is 4.79 Å². The van der Waals surface area contributed by atoms with Crippen LogP contribution >= 0.6 is 15.9 Å². The first kappa shape index (κ1) is 14.0. The molecule has 0 spiro atoms. The minimum Gasteiger partial charge on any atom is -0.497 e. The third-order valence-corrected chi connectivity index (χ3v) is 3.17. The molecule has 0 saturated heterocycles. The standard InChI is InChI=1S/C12H17BrN2O2/c1-8(5-6-14)12(16)15-11-7-9(17-2)3-4-10(11)13/h3-4,7-8H,5-6,14H2,1-2H3,(H,15,16). The highest BCUT2D eigenvalue weighted by atomic mass is 79.9. The minimum absolute atomic E-state index is 0.0376. The van der Waals surface area contributed by atoms with E-state index in [1.54, 1.807) is 13.2 Å². The van der Waals surface area contributed by atoms with Crippen molar-refractivity contribution in [2.24, 2.45) is 11.7 Å².